The van der Waals surface area contributed by atoms with Crippen LogP contribution in [0.4, 0.5) is 21.4 Å². The van der Waals surface area contributed by atoms with Gasteiger partial charge in [-0.2, -0.15) is 5.10 Å². The lowest BCUT2D eigenvalue weighted by Crippen LogP contribution is -2.64. The second-order valence-corrected chi connectivity index (χ2v) is 26.3. The summed E-state index contributed by atoms with van der Waals surface area (Å²) in [7, 11) is 0. The minimum Gasteiger partial charge on any atom is -0.481 e. The summed E-state index contributed by atoms with van der Waals surface area (Å²) in [6, 6.07) is 21.4. The van der Waals surface area contributed by atoms with Crippen molar-refractivity contribution in [1.82, 2.24) is 24.6 Å². The highest BCUT2D eigenvalue weighted by Gasteiger charge is 2.66. The van der Waals surface area contributed by atoms with Gasteiger partial charge in [0.2, 0.25) is 12.2 Å². The number of carboxylic acids is 3. The van der Waals surface area contributed by atoms with Crippen molar-refractivity contribution in [1.29, 1.82) is 0 Å². The van der Waals surface area contributed by atoms with Crippen molar-refractivity contribution in [3.8, 4) is 16.9 Å². The largest absolute Gasteiger partial charge is 0.481 e. The number of nitrogens with one attached hydrogen (secondary N) is 2. The number of carbonyl (C=O) groups is 6. The van der Waals surface area contributed by atoms with Crippen LogP contribution in [0, 0.1) is 23.2 Å². The van der Waals surface area contributed by atoms with Crippen molar-refractivity contribution in [2.24, 2.45) is 22.0 Å². The fourth-order valence-corrected chi connectivity index (χ4v) is 16.0. The Kier molecular flexibility index (Phi) is 17.9. The number of rotatable bonds is 23. The number of aromatic carboxylic acids is 1. The van der Waals surface area contributed by atoms with Gasteiger partial charge in [-0.3, -0.25) is 24.4 Å². The number of aromatic nitrogens is 4. The fourth-order valence-electron chi connectivity index (χ4n) is 15.2. The number of aliphatic carboxylic acids is 2. The third kappa shape index (κ3) is 13.4. The molecule has 6 aromatic rings. The van der Waals surface area contributed by atoms with Crippen LogP contribution in [-0.2, 0) is 48.1 Å². The Hall–Kier alpha value is -8.37. The molecule has 12 rings (SSSR count). The number of anilines is 3. The summed E-state index contributed by atoms with van der Waals surface area (Å²) in [5.41, 5.74) is 10.1. The maximum atomic E-state index is 13.8. The molecule has 3 aromatic carbocycles. The van der Waals surface area contributed by atoms with E-state index in [1.807, 2.05) is 59.0 Å². The quantitative estimate of drug-likeness (QED) is 0.0322. The van der Waals surface area contributed by atoms with Crippen molar-refractivity contribution >= 4 is 80.1 Å². The average Bonchev–Trinajstić information content (AvgIpc) is 0.731. The van der Waals surface area contributed by atoms with E-state index in [9.17, 15) is 59.4 Å². The normalized spacial score (nSPS) is 25.9. The van der Waals surface area contributed by atoms with Gasteiger partial charge in [-0.25, -0.2) is 24.4 Å². The molecule has 4 saturated carbocycles. The Morgan fingerprint density at radius 2 is 1.63 bits per heavy atom. The van der Waals surface area contributed by atoms with E-state index in [0.717, 1.165) is 59.1 Å². The SMILES string of the molecule is Cc1c(-c2ccc(N3CCc4cccc(C(=O)Nc5nc6ccccc6s5)c4C3)nc2C(=O)O)cnn1CC12CC3(C)CC(C)(C1)CC(OCCN(CCC(=O)O)C(=O)OCC=Cc1ccc(O[C@@H]4O[C@H](C(=O)O)[C@@H](O)[C@H](O)[C@H]4O)c(NC(=O)CCN)c1)(C3)C2. The number of hydrogen-bond donors (Lipinski definition) is 9. The minimum absolute atomic E-state index is 0.0161. The molecule has 7 atom stereocenters. The Morgan fingerprint density at radius 3 is 2.37 bits per heavy atom. The number of para-hydroxylation sites is 1. The smallest absolute Gasteiger partial charge is 0.410 e. The van der Waals surface area contributed by atoms with Crippen LogP contribution in [-0.4, -0.2) is 167 Å². The fraction of sp³-hybridized carbons (Fsp3) is 0.453. The minimum atomic E-state index is -1.95. The highest BCUT2D eigenvalue weighted by atomic mass is 32.1. The van der Waals surface area contributed by atoms with Crippen molar-refractivity contribution in [2.45, 2.75) is 128 Å². The number of nitrogens with zero attached hydrogens (tertiary/aromatic N) is 6. The van der Waals surface area contributed by atoms with Crippen LogP contribution in [0.15, 0.2) is 85.1 Å². The topological polar surface area (TPSA) is 361 Å². The molecule has 10 N–H and O–H groups in total. The molecular weight excluding hydrogens is 1180 g/mol. The molecule has 2 aliphatic heterocycles. The first kappa shape index (κ1) is 63.2. The lowest BCUT2D eigenvalue weighted by molar-refractivity contribution is -0.271. The number of aliphatic hydroxyl groups excluding tert-OH is 3. The summed E-state index contributed by atoms with van der Waals surface area (Å²) in [6.07, 6.45) is -0.00543. The molecule has 4 aliphatic carbocycles. The zero-order valence-corrected chi connectivity index (χ0v) is 50.8. The first-order valence-electron chi connectivity index (χ1n) is 29.9. The van der Waals surface area contributed by atoms with E-state index in [2.05, 4.69) is 29.5 Å². The Balaban J connectivity index is 0.739. The van der Waals surface area contributed by atoms with E-state index < -0.39 is 66.2 Å². The summed E-state index contributed by atoms with van der Waals surface area (Å²) in [6.45, 7) is 7.82. The highest BCUT2D eigenvalue weighted by molar-refractivity contribution is 7.22. The number of thiazole rings is 1. The van der Waals surface area contributed by atoms with Gasteiger partial charge < -0.3 is 70.4 Å². The number of pyridine rings is 1. The standard InChI is InChI=1S/C64H73N9O16S/c1-36-41(39-14-16-47(69-50(39)56(81)82)72-21-18-38-9-6-10-40(42(38)28-72)55(80)70-59-68-43-11-4-5-12-46(43)90-59)27-66-73(36)35-63-30-61(2)29-62(3,31-63)33-64(32-61,34-63)87-25-23-71(22-19-49(75)76)60(85)86-24-7-8-37-13-15-45(44(26-37)67-48(74)17-20-65)88-58-53(79)51(77)52(78)54(89-58)57(83)84/h4-16,26-27,51-54,58,77-79H,17-25,28-35,65H2,1-3H3,(H,67,74)(H,75,76)(H,81,82)(H,83,84)(H,68,70,80)/t51-,52-,53+,54-,58+,61?,62?,63?,64?/m0/s1. The zero-order chi connectivity index (χ0) is 63.9. The third-order valence-electron chi connectivity index (χ3n) is 17.9. The molecule has 5 fully saturated rings. The van der Waals surface area contributed by atoms with Gasteiger partial charge in [0.05, 0.1) is 40.7 Å². The van der Waals surface area contributed by atoms with Crippen molar-refractivity contribution in [2.75, 3.05) is 54.9 Å². The van der Waals surface area contributed by atoms with Gasteiger partial charge in [-0.15, -0.1) is 0 Å². The van der Waals surface area contributed by atoms with Gasteiger partial charge in [0.1, 0.15) is 36.5 Å². The number of fused-ring (bicyclic) bond motifs is 2. The number of hydrogen-bond acceptors (Lipinski definition) is 19. The number of amides is 3. The molecule has 476 valence electrons. The van der Waals surface area contributed by atoms with E-state index in [1.165, 1.54) is 34.4 Å². The monoisotopic (exact) mass is 1260 g/mol. The predicted molar refractivity (Wildman–Crippen MR) is 329 cm³/mol. The molecule has 90 heavy (non-hydrogen) atoms. The Labute approximate surface area is 521 Å². The van der Waals surface area contributed by atoms with Crippen LogP contribution >= 0.6 is 11.3 Å². The summed E-state index contributed by atoms with van der Waals surface area (Å²) in [4.78, 5) is 89.4. The van der Waals surface area contributed by atoms with E-state index in [4.69, 9.17) is 34.8 Å². The van der Waals surface area contributed by atoms with E-state index in [-0.39, 0.29) is 85.0 Å². The van der Waals surface area contributed by atoms with E-state index >= 15 is 0 Å². The van der Waals surface area contributed by atoms with Gasteiger partial charge in [-0.05, 0) is 133 Å². The van der Waals surface area contributed by atoms with E-state index in [0.29, 0.717) is 65.7 Å². The second kappa shape index (κ2) is 25.5. The summed E-state index contributed by atoms with van der Waals surface area (Å²) < 4.78 is 26.5. The van der Waals surface area contributed by atoms with Crippen LogP contribution in [0.2, 0.25) is 0 Å². The number of nitrogens with two attached hydrogens (primary N) is 1. The molecule has 26 heteroatoms. The first-order valence-corrected chi connectivity index (χ1v) is 30.7. The van der Waals surface area contributed by atoms with Gasteiger partial charge in [0, 0.05) is 68.1 Å². The van der Waals surface area contributed by atoms with Gasteiger partial charge in [0.15, 0.2) is 16.9 Å². The van der Waals surface area contributed by atoms with Crippen LogP contribution < -0.4 is 26.0 Å². The molecule has 0 spiro atoms. The van der Waals surface area contributed by atoms with E-state index in [1.54, 1.807) is 30.5 Å². The summed E-state index contributed by atoms with van der Waals surface area (Å²) >= 11 is 1.40. The van der Waals surface area contributed by atoms with Crippen LogP contribution in [0.3, 0.4) is 0 Å². The van der Waals surface area contributed by atoms with Crippen LogP contribution in [0.5, 0.6) is 5.75 Å². The molecule has 4 bridgehead atoms. The molecule has 3 aromatic heterocycles. The number of benzene rings is 3. The molecular formula is C64H73N9O16S. The van der Waals surface area contributed by atoms with Crippen molar-refractivity contribution in [3.63, 3.8) is 0 Å². The number of carbonyl (C=O) groups excluding carboxylic acids is 3. The molecule has 1 saturated heterocycles. The molecule has 2 unspecified atom stereocenters. The highest BCUT2D eigenvalue weighted by Crippen LogP contribution is 2.72. The lowest BCUT2D eigenvalue weighted by atomic mass is 9.39. The van der Waals surface area contributed by atoms with Crippen molar-refractivity contribution in [3.05, 3.63) is 119 Å². The molecule has 6 aliphatic rings. The van der Waals surface area contributed by atoms with Gasteiger partial charge >= 0.3 is 24.0 Å². The van der Waals surface area contributed by atoms with Gasteiger partial charge in [-0.1, -0.05) is 61.6 Å². The molecule has 0 radical (unpaired) electrons. The Bertz CT molecular complexity index is 3740. The lowest BCUT2D eigenvalue weighted by Gasteiger charge is -2.69. The molecule has 3 amide bonds. The van der Waals surface area contributed by atoms with Gasteiger partial charge in [0.25, 0.3) is 5.91 Å². The summed E-state index contributed by atoms with van der Waals surface area (Å²) in [5.74, 6) is -4.27. The van der Waals surface area contributed by atoms with Crippen LogP contribution in [0.1, 0.15) is 108 Å². The average molecular weight is 1260 g/mol. The first-order chi connectivity index (χ1) is 42.9. The zero-order valence-electron chi connectivity index (χ0n) is 50.0. The maximum absolute atomic E-state index is 13.8. The Morgan fingerprint density at radius 1 is 0.856 bits per heavy atom. The van der Waals surface area contributed by atoms with Crippen LogP contribution in [0.25, 0.3) is 27.4 Å². The second-order valence-electron chi connectivity index (χ2n) is 25.2. The van der Waals surface area contributed by atoms with Crippen molar-refractivity contribution < 1.29 is 78.4 Å². The number of aliphatic hydroxyl groups is 3. The number of carboxylic acid groups (broad SMARTS) is 3. The predicted octanol–water partition coefficient (Wildman–Crippen LogP) is 6.70. The maximum Gasteiger partial charge on any atom is 0.410 e. The third-order valence-corrected chi connectivity index (χ3v) is 18.9. The molecule has 25 nitrogen and oxygen atoms in total. The molecule has 5 heterocycles. The summed E-state index contributed by atoms with van der Waals surface area (Å²) in [5, 5.41) is 71.9. The number of ether oxygens (including phenoxy) is 4.